The number of hydrogen-bond acceptors (Lipinski definition) is 3. The summed E-state index contributed by atoms with van der Waals surface area (Å²) in [6, 6.07) is 27.0. The first kappa shape index (κ1) is 17.1. The Balaban J connectivity index is 2.03. The summed E-state index contributed by atoms with van der Waals surface area (Å²) in [7, 11) is 0. The van der Waals surface area contributed by atoms with Crippen LogP contribution in [0, 0.1) is 6.92 Å². The molecule has 0 amide bonds. The molecule has 0 aliphatic carbocycles. The third kappa shape index (κ3) is 4.20. The summed E-state index contributed by atoms with van der Waals surface area (Å²) in [4.78, 5) is 13.2. The Morgan fingerprint density at radius 2 is 1.28 bits per heavy atom. The Morgan fingerprint density at radius 3 is 1.84 bits per heavy atom. The van der Waals surface area contributed by atoms with Crippen molar-refractivity contribution < 1.29 is 4.79 Å². The van der Waals surface area contributed by atoms with Gasteiger partial charge in [-0.3, -0.25) is 4.79 Å². The van der Waals surface area contributed by atoms with Crippen LogP contribution in [0.1, 0.15) is 21.5 Å². The number of allylic oxidation sites excluding steroid dienone is 1. The summed E-state index contributed by atoms with van der Waals surface area (Å²) in [5, 5.41) is 3.36. The molecule has 0 heterocycles. The van der Waals surface area contributed by atoms with Crippen LogP contribution in [0.4, 0.5) is 5.69 Å². The van der Waals surface area contributed by atoms with Gasteiger partial charge in [0, 0.05) is 11.3 Å². The summed E-state index contributed by atoms with van der Waals surface area (Å²) in [6.07, 6.45) is 0. The van der Waals surface area contributed by atoms with Gasteiger partial charge in [-0.05, 0) is 24.6 Å². The number of thiol groups is 1. The van der Waals surface area contributed by atoms with Crippen LogP contribution in [0.3, 0.4) is 0 Å². The molecule has 3 aromatic carbocycles. The number of benzene rings is 3. The van der Waals surface area contributed by atoms with Gasteiger partial charge in [0.25, 0.3) is 0 Å². The van der Waals surface area contributed by atoms with E-state index in [2.05, 4.69) is 17.9 Å². The predicted octanol–water partition coefficient (Wildman–Crippen LogP) is 5.59. The maximum Gasteiger partial charge on any atom is 0.201 e. The maximum absolute atomic E-state index is 12.8. The second kappa shape index (κ2) is 7.86. The van der Waals surface area contributed by atoms with E-state index in [9.17, 15) is 4.79 Å². The van der Waals surface area contributed by atoms with Crippen molar-refractivity contribution in [1.29, 1.82) is 0 Å². The first-order valence-corrected chi connectivity index (χ1v) is 8.52. The Kier molecular flexibility index (Phi) is 5.36. The molecule has 124 valence electrons. The number of ketones is 1. The van der Waals surface area contributed by atoms with Gasteiger partial charge in [-0.25, -0.2) is 0 Å². The average Bonchev–Trinajstić information content (AvgIpc) is 2.68. The third-order valence-electron chi connectivity index (χ3n) is 3.87. The van der Waals surface area contributed by atoms with Gasteiger partial charge in [0.2, 0.25) is 5.78 Å². The van der Waals surface area contributed by atoms with Crippen molar-refractivity contribution in [1.82, 2.24) is 0 Å². The second-order valence-corrected chi connectivity index (χ2v) is 6.22. The van der Waals surface area contributed by atoms with Crippen molar-refractivity contribution in [3.05, 3.63) is 107 Å². The lowest BCUT2D eigenvalue weighted by Gasteiger charge is -2.15. The van der Waals surface area contributed by atoms with E-state index >= 15 is 0 Å². The Labute approximate surface area is 153 Å². The minimum Gasteiger partial charge on any atom is -0.354 e. The number of anilines is 1. The molecule has 0 radical (unpaired) electrons. The molecule has 3 heteroatoms. The Hall–Kier alpha value is -2.78. The molecule has 0 spiro atoms. The summed E-state index contributed by atoms with van der Waals surface area (Å²) in [5.41, 5.74) is 4.32. The van der Waals surface area contributed by atoms with E-state index in [-0.39, 0.29) is 5.78 Å². The highest BCUT2D eigenvalue weighted by Crippen LogP contribution is 2.26. The van der Waals surface area contributed by atoms with Gasteiger partial charge in [0.15, 0.2) is 0 Å². The van der Waals surface area contributed by atoms with Crippen molar-refractivity contribution in [3.8, 4) is 0 Å². The molecule has 0 atom stereocenters. The van der Waals surface area contributed by atoms with E-state index in [4.69, 9.17) is 0 Å². The molecule has 3 aromatic rings. The van der Waals surface area contributed by atoms with E-state index < -0.39 is 0 Å². The van der Waals surface area contributed by atoms with Crippen LogP contribution in [0.5, 0.6) is 0 Å². The first-order valence-electron chi connectivity index (χ1n) is 8.07. The SMILES string of the molecule is Cc1ccc(N/C(=C(/S)C(=O)c2ccccc2)c2ccccc2)cc1. The number of aryl methyl sites for hydroxylation is 1. The van der Waals surface area contributed by atoms with E-state index in [1.54, 1.807) is 12.1 Å². The number of rotatable bonds is 5. The zero-order valence-corrected chi connectivity index (χ0v) is 14.8. The molecule has 0 saturated heterocycles. The smallest absolute Gasteiger partial charge is 0.201 e. The molecular weight excluding hydrogens is 326 g/mol. The summed E-state index contributed by atoms with van der Waals surface area (Å²) >= 11 is 4.56. The van der Waals surface area contributed by atoms with Crippen LogP contribution in [-0.2, 0) is 0 Å². The van der Waals surface area contributed by atoms with Gasteiger partial charge in [0.05, 0.1) is 10.6 Å². The minimum absolute atomic E-state index is 0.109. The van der Waals surface area contributed by atoms with Crippen LogP contribution in [0.25, 0.3) is 5.70 Å². The fourth-order valence-electron chi connectivity index (χ4n) is 2.49. The molecule has 0 aliphatic heterocycles. The number of carbonyl (C=O) groups excluding carboxylic acids is 1. The quantitative estimate of drug-likeness (QED) is 0.359. The number of carbonyl (C=O) groups is 1. The second-order valence-electron chi connectivity index (χ2n) is 5.78. The first-order chi connectivity index (χ1) is 12.1. The number of nitrogens with one attached hydrogen (secondary N) is 1. The normalized spacial score (nSPS) is 11.6. The minimum atomic E-state index is -0.109. The lowest BCUT2D eigenvalue weighted by molar-refractivity contribution is 0.104. The number of hydrogen-bond donors (Lipinski definition) is 2. The topological polar surface area (TPSA) is 29.1 Å². The van der Waals surface area contributed by atoms with Gasteiger partial charge in [-0.2, -0.15) is 0 Å². The summed E-state index contributed by atoms with van der Waals surface area (Å²) in [6.45, 7) is 2.04. The van der Waals surface area contributed by atoms with Crippen LogP contribution in [-0.4, -0.2) is 5.78 Å². The Morgan fingerprint density at radius 1 is 0.760 bits per heavy atom. The fourth-order valence-corrected chi connectivity index (χ4v) is 2.81. The molecule has 0 bridgehead atoms. The molecule has 3 rings (SSSR count). The van der Waals surface area contributed by atoms with Crippen LogP contribution in [0.15, 0.2) is 89.8 Å². The van der Waals surface area contributed by atoms with Crippen LogP contribution in [0.2, 0.25) is 0 Å². The highest BCUT2D eigenvalue weighted by Gasteiger charge is 2.15. The van der Waals surface area contributed by atoms with Gasteiger partial charge < -0.3 is 5.32 Å². The van der Waals surface area contributed by atoms with Gasteiger partial charge >= 0.3 is 0 Å². The zero-order valence-electron chi connectivity index (χ0n) is 13.9. The maximum atomic E-state index is 12.8. The molecule has 0 saturated carbocycles. The molecule has 0 fully saturated rings. The molecule has 1 N–H and O–H groups in total. The molecular formula is C22H19NOS. The van der Waals surface area contributed by atoms with E-state index in [1.165, 1.54) is 5.56 Å². The molecule has 0 aromatic heterocycles. The van der Waals surface area contributed by atoms with Gasteiger partial charge in [-0.15, -0.1) is 12.6 Å². The lowest BCUT2D eigenvalue weighted by atomic mass is 10.1. The average molecular weight is 345 g/mol. The van der Waals surface area contributed by atoms with Crippen molar-refractivity contribution in [2.24, 2.45) is 0 Å². The molecule has 25 heavy (non-hydrogen) atoms. The predicted molar refractivity (Wildman–Crippen MR) is 108 cm³/mol. The van der Waals surface area contributed by atoms with Crippen molar-refractivity contribution in [2.75, 3.05) is 5.32 Å². The monoisotopic (exact) mass is 345 g/mol. The molecule has 2 nitrogen and oxygen atoms in total. The largest absolute Gasteiger partial charge is 0.354 e. The van der Waals surface area contributed by atoms with E-state index in [0.717, 1.165) is 11.3 Å². The summed E-state index contributed by atoms with van der Waals surface area (Å²) < 4.78 is 0. The molecule has 0 unspecified atom stereocenters. The number of Topliss-reactive ketones (excluding diaryl/α,β-unsaturated/α-hetero) is 1. The Bertz CT molecular complexity index is 884. The summed E-state index contributed by atoms with van der Waals surface area (Å²) in [5.74, 6) is -0.109. The van der Waals surface area contributed by atoms with Crippen LogP contribution < -0.4 is 5.32 Å². The highest BCUT2D eigenvalue weighted by molar-refractivity contribution is 7.86. The fraction of sp³-hybridized carbons (Fsp3) is 0.0455. The van der Waals surface area contributed by atoms with Crippen molar-refractivity contribution in [3.63, 3.8) is 0 Å². The van der Waals surface area contributed by atoms with Crippen LogP contribution >= 0.6 is 12.6 Å². The lowest BCUT2D eigenvalue weighted by Crippen LogP contribution is -2.08. The third-order valence-corrected chi connectivity index (χ3v) is 4.30. The highest BCUT2D eigenvalue weighted by atomic mass is 32.1. The van der Waals surface area contributed by atoms with Gasteiger partial charge in [-0.1, -0.05) is 78.4 Å². The zero-order chi connectivity index (χ0) is 17.6. The van der Waals surface area contributed by atoms with Crippen molar-refractivity contribution in [2.45, 2.75) is 6.92 Å². The van der Waals surface area contributed by atoms with Gasteiger partial charge in [0.1, 0.15) is 0 Å². The molecule has 0 aliphatic rings. The standard InChI is InChI=1S/C22H19NOS/c1-16-12-14-19(15-13-16)23-20(17-8-4-2-5-9-17)22(25)21(24)18-10-6-3-7-11-18/h2-15,23,25H,1H3/b22-20+. The van der Waals surface area contributed by atoms with Crippen molar-refractivity contribution >= 4 is 29.8 Å². The van der Waals surface area contributed by atoms with E-state index in [0.29, 0.717) is 16.2 Å². The van der Waals surface area contributed by atoms with E-state index in [1.807, 2.05) is 79.7 Å².